The van der Waals surface area contributed by atoms with Crippen molar-refractivity contribution in [2.24, 2.45) is 0 Å². The summed E-state index contributed by atoms with van der Waals surface area (Å²) in [5, 5.41) is 20.9. The van der Waals surface area contributed by atoms with Crippen LogP contribution in [0.3, 0.4) is 0 Å². The Balaban J connectivity index is 2.19. The van der Waals surface area contributed by atoms with Gasteiger partial charge in [0.25, 0.3) is 5.69 Å². The van der Waals surface area contributed by atoms with Gasteiger partial charge in [-0.3, -0.25) is 10.1 Å². The molecule has 0 bridgehead atoms. The van der Waals surface area contributed by atoms with E-state index in [4.69, 9.17) is 0 Å². The molecule has 2 aromatic rings. The van der Waals surface area contributed by atoms with Crippen molar-refractivity contribution in [2.45, 2.75) is 18.9 Å². The molecular formula is C15H15NO3. The van der Waals surface area contributed by atoms with Gasteiger partial charge in [-0.2, -0.15) is 0 Å². The van der Waals surface area contributed by atoms with E-state index in [9.17, 15) is 15.2 Å². The zero-order chi connectivity index (χ0) is 13.8. The average Bonchev–Trinajstić information content (AvgIpc) is 2.46. The second-order valence-electron chi connectivity index (χ2n) is 4.49. The fourth-order valence-corrected chi connectivity index (χ4v) is 2.02. The Morgan fingerprint density at radius 2 is 1.58 bits per heavy atom. The molecule has 0 aliphatic carbocycles. The molecule has 0 aromatic heterocycles. The van der Waals surface area contributed by atoms with Crippen LogP contribution in [-0.2, 0) is 0 Å². The van der Waals surface area contributed by atoms with E-state index in [1.165, 1.54) is 12.1 Å². The SMILES string of the molecule is C[C@@H](c1ccc([N+](=O)[O-])cc1)[C@H](O)c1ccccc1. The molecule has 0 fully saturated rings. The molecule has 2 rings (SSSR count). The van der Waals surface area contributed by atoms with E-state index in [0.29, 0.717) is 0 Å². The third kappa shape index (κ3) is 2.98. The summed E-state index contributed by atoms with van der Waals surface area (Å²) in [7, 11) is 0. The van der Waals surface area contributed by atoms with Crippen LogP contribution < -0.4 is 0 Å². The number of nitrogens with zero attached hydrogens (tertiary/aromatic N) is 1. The van der Waals surface area contributed by atoms with E-state index in [2.05, 4.69) is 0 Å². The van der Waals surface area contributed by atoms with Gasteiger partial charge in [0.05, 0.1) is 11.0 Å². The Morgan fingerprint density at radius 3 is 2.11 bits per heavy atom. The van der Waals surface area contributed by atoms with Crippen LogP contribution in [0, 0.1) is 10.1 Å². The average molecular weight is 257 g/mol. The third-order valence-electron chi connectivity index (χ3n) is 3.24. The van der Waals surface area contributed by atoms with Crippen molar-refractivity contribution in [1.82, 2.24) is 0 Å². The predicted octanol–water partition coefficient (Wildman–Crippen LogP) is 3.43. The molecule has 2 aromatic carbocycles. The minimum Gasteiger partial charge on any atom is -0.388 e. The normalized spacial score (nSPS) is 13.8. The lowest BCUT2D eigenvalue weighted by molar-refractivity contribution is -0.384. The van der Waals surface area contributed by atoms with Crippen LogP contribution in [0.4, 0.5) is 5.69 Å². The highest BCUT2D eigenvalue weighted by Gasteiger charge is 2.18. The number of non-ortho nitro benzene ring substituents is 1. The zero-order valence-corrected chi connectivity index (χ0v) is 10.6. The van der Waals surface area contributed by atoms with Gasteiger partial charge in [0.15, 0.2) is 0 Å². The van der Waals surface area contributed by atoms with Gasteiger partial charge in [0.2, 0.25) is 0 Å². The van der Waals surface area contributed by atoms with Crippen LogP contribution in [0.15, 0.2) is 54.6 Å². The van der Waals surface area contributed by atoms with Crippen molar-refractivity contribution in [1.29, 1.82) is 0 Å². The fraction of sp³-hybridized carbons (Fsp3) is 0.200. The Bertz CT molecular complexity index is 551. The minimum atomic E-state index is -0.623. The summed E-state index contributed by atoms with van der Waals surface area (Å²) in [6, 6.07) is 15.7. The van der Waals surface area contributed by atoms with E-state index in [1.807, 2.05) is 37.3 Å². The molecule has 0 radical (unpaired) electrons. The predicted molar refractivity (Wildman–Crippen MR) is 72.9 cm³/mol. The maximum atomic E-state index is 10.6. The number of hydrogen-bond acceptors (Lipinski definition) is 3. The Kier molecular flexibility index (Phi) is 3.92. The molecule has 19 heavy (non-hydrogen) atoms. The standard InChI is InChI=1S/C15H15NO3/c1-11(15(17)13-5-3-2-4-6-13)12-7-9-14(10-8-12)16(18)19/h2-11,15,17H,1H3/t11-,15-/m0/s1. The van der Waals surface area contributed by atoms with Gasteiger partial charge in [-0.1, -0.05) is 49.4 Å². The number of hydrogen-bond donors (Lipinski definition) is 1. The Hall–Kier alpha value is -2.20. The van der Waals surface area contributed by atoms with Gasteiger partial charge in [-0.05, 0) is 11.1 Å². The van der Waals surface area contributed by atoms with Crippen LogP contribution in [0.5, 0.6) is 0 Å². The van der Waals surface area contributed by atoms with Crippen molar-refractivity contribution < 1.29 is 10.0 Å². The number of rotatable bonds is 4. The number of nitro benzene ring substituents is 1. The molecule has 0 spiro atoms. The highest BCUT2D eigenvalue weighted by atomic mass is 16.6. The van der Waals surface area contributed by atoms with Crippen molar-refractivity contribution in [3.8, 4) is 0 Å². The van der Waals surface area contributed by atoms with Crippen molar-refractivity contribution in [3.05, 3.63) is 75.8 Å². The molecule has 0 amide bonds. The summed E-state index contributed by atoms with van der Waals surface area (Å²) in [5.74, 6) is -0.122. The van der Waals surface area contributed by atoms with Crippen molar-refractivity contribution >= 4 is 5.69 Å². The quantitative estimate of drug-likeness (QED) is 0.674. The van der Waals surface area contributed by atoms with E-state index in [0.717, 1.165) is 11.1 Å². The summed E-state index contributed by atoms with van der Waals surface area (Å²) >= 11 is 0. The molecule has 0 aliphatic rings. The second-order valence-corrected chi connectivity index (χ2v) is 4.49. The molecule has 0 saturated heterocycles. The van der Waals surface area contributed by atoms with Crippen LogP contribution in [0.25, 0.3) is 0 Å². The molecule has 0 saturated carbocycles. The molecule has 98 valence electrons. The molecule has 1 N–H and O–H groups in total. The summed E-state index contributed by atoms with van der Waals surface area (Å²) in [5.41, 5.74) is 1.78. The zero-order valence-electron chi connectivity index (χ0n) is 10.6. The maximum absolute atomic E-state index is 10.6. The lowest BCUT2D eigenvalue weighted by atomic mass is 9.91. The summed E-state index contributed by atoms with van der Waals surface area (Å²) in [6.45, 7) is 1.90. The summed E-state index contributed by atoms with van der Waals surface area (Å²) in [6.07, 6.45) is -0.623. The van der Waals surface area contributed by atoms with E-state index in [-0.39, 0.29) is 11.6 Å². The van der Waals surface area contributed by atoms with Gasteiger partial charge >= 0.3 is 0 Å². The van der Waals surface area contributed by atoms with Crippen LogP contribution in [-0.4, -0.2) is 10.0 Å². The molecule has 4 heteroatoms. The second kappa shape index (κ2) is 5.63. The maximum Gasteiger partial charge on any atom is 0.269 e. The fourth-order valence-electron chi connectivity index (χ4n) is 2.02. The first-order valence-electron chi connectivity index (χ1n) is 6.07. The van der Waals surface area contributed by atoms with Crippen LogP contribution in [0.2, 0.25) is 0 Å². The lowest BCUT2D eigenvalue weighted by Gasteiger charge is -2.19. The monoisotopic (exact) mass is 257 g/mol. The van der Waals surface area contributed by atoms with Gasteiger partial charge < -0.3 is 5.11 Å². The third-order valence-corrected chi connectivity index (χ3v) is 3.24. The molecule has 2 atom stereocenters. The number of aliphatic hydroxyl groups is 1. The minimum absolute atomic E-state index is 0.0603. The molecule has 4 nitrogen and oxygen atoms in total. The molecule has 0 heterocycles. The first-order valence-corrected chi connectivity index (χ1v) is 6.07. The Morgan fingerprint density at radius 1 is 1.00 bits per heavy atom. The van der Waals surface area contributed by atoms with E-state index < -0.39 is 11.0 Å². The topological polar surface area (TPSA) is 63.4 Å². The first kappa shape index (κ1) is 13.2. The van der Waals surface area contributed by atoms with Gasteiger partial charge in [0, 0.05) is 18.1 Å². The van der Waals surface area contributed by atoms with Crippen molar-refractivity contribution in [3.63, 3.8) is 0 Å². The highest BCUT2D eigenvalue weighted by Crippen LogP contribution is 2.31. The van der Waals surface area contributed by atoms with Gasteiger partial charge in [-0.15, -0.1) is 0 Å². The highest BCUT2D eigenvalue weighted by molar-refractivity contribution is 5.35. The number of nitro groups is 1. The first-order chi connectivity index (χ1) is 9.09. The van der Waals surface area contributed by atoms with Gasteiger partial charge in [-0.25, -0.2) is 0 Å². The molecule has 0 unspecified atom stereocenters. The molecule has 0 aliphatic heterocycles. The van der Waals surface area contributed by atoms with Crippen molar-refractivity contribution in [2.75, 3.05) is 0 Å². The summed E-state index contributed by atoms with van der Waals surface area (Å²) < 4.78 is 0. The number of aliphatic hydroxyl groups excluding tert-OH is 1. The van der Waals surface area contributed by atoms with Crippen LogP contribution >= 0.6 is 0 Å². The van der Waals surface area contributed by atoms with Crippen LogP contribution in [0.1, 0.15) is 30.1 Å². The van der Waals surface area contributed by atoms with Gasteiger partial charge in [0.1, 0.15) is 0 Å². The van der Waals surface area contributed by atoms with E-state index >= 15 is 0 Å². The van der Waals surface area contributed by atoms with E-state index in [1.54, 1.807) is 12.1 Å². The smallest absolute Gasteiger partial charge is 0.269 e. The largest absolute Gasteiger partial charge is 0.388 e. The number of benzene rings is 2. The molecular weight excluding hydrogens is 242 g/mol. The summed E-state index contributed by atoms with van der Waals surface area (Å²) in [4.78, 5) is 10.2. The lowest BCUT2D eigenvalue weighted by Crippen LogP contribution is -2.07. The Labute approximate surface area is 111 Å².